The summed E-state index contributed by atoms with van der Waals surface area (Å²) < 4.78 is 5.22. The van der Waals surface area contributed by atoms with Gasteiger partial charge in [-0.3, -0.25) is 4.79 Å². The molecule has 5 heteroatoms. The first-order chi connectivity index (χ1) is 13.1. The number of fused-ring (bicyclic) bond motifs is 1. The molecule has 2 aromatic carbocycles. The van der Waals surface area contributed by atoms with E-state index in [1.54, 1.807) is 7.11 Å². The van der Waals surface area contributed by atoms with Crippen LogP contribution in [0.2, 0.25) is 0 Å². The first-order valence-electron chi connectivity index (χ1n) is 9.05. The monoisotopic (exact) mass is 363 g/mol. The third-order valence-electron chi connectivity index (χ3n) is 4.41. The topological polar surface area (TPSA) is 54.5 Å². The summed E-state index contributed by atoms with van der Waals surface area (Å²) in [7, 11) is 5.70. The molecule has 3 rings (SSSR count). The fraction of sp³-hybridized carbons (Fsp3) is 0.273. The zero-order valence-corrected chi connectivity index (χ0v) is 16.0. The van der Waals surface area contributed by atoms with E-state index in [2.05, 4.69) is 10.2 Å². The Morgan fingerprint density at radius 3 is 2.56 bits per heavy atom. The van der Waals surface area contributed by atoms with Gasteiger partial charge in [-0.1, -0.05) is 18.2 Å². The van der Waals surface area contributed by atoms with Gasteiger partial charge in [-0.2, -0.15) is 0 Å². The molecule has 1 aromatic heterocycles. The molecule has 0 aliphatic carbocycles. The van der Waals surface area contributed by atoms with Gasteiger partial charge < -0.3 is 15.0 Å². The van der Waals surface area contributed by atoms with E-state index in [-0.39, 0.29) is 5.91 Å². The molecule has 1 N–H and O–H groups in total. The fourth-order valence-corrected chi connectivity index (χ4v) is 2.97. The van der Waals surface area contributed by atoms with Gasteiger partial charge in [0, 0.05) is 17.5 Å². The second kappa shape index (κ2) is 8.64. The first-order valence-corrected chi connectivity index (χ1v) is 9.05. The summed E-state index contributed by atoms with van der Waals surface area (Å²) in [6.07, 6.45) is 0.910. The second-order valence-electron chi connectivity index (χ2n) is 6.71. The van der Waals surface area contributed by atoms with Crippen LogP contribution in [-0.4, -0.2) is 50.1 Å². The van der Waals surface area contributed by atoms with Gasteiger partial charge in [0.15, 0.2) is 0 Å². The largest absolute Gasteiger partial charge is 0.497 e. The van der Waals surface area contributed by atoms with Gasteiger partial charge in [0.05, 0.1) is 23.9 Å². The number of hydrogen-bond acceptors (Lipinski definition) is 4. The van der Waals surface area contributed by atoms with Gasteiger partial charge in [-0.25, -0.2) is 4.98 Å². The number of benzene rings is 2. The molecule has 0 aliphatic rings. The van der Waals surface area contributed by atoms with Crippen LogP contribution in [0, 0.1) is 0 Å². The van der Waals surface area contributed by atoms with Gasteiger partial charge in [0.25, 0.3) is 5.91 Å². The van der Waals surface area contributed by atoms with Crippen molar-refractivity contribution in [3.8, 4) is 17.0 Å². The van der Waals surface area contributed by atoms with E-state index in [1.165, 1.54) is 0 Å². The third kappa shape index (κ3) is 4.63. The number of carbonyl (C=O) groups excluding carboxylic acids is 1. The van der Waals surface area contributed by atoms with Crippen molar-refractivity contribution < 1.29 is 9.53 Å². The quantitative estimate of drug-likeness (QED) is 0.652. The number of methoxy groups -OCH3 is 1. The molecule has 27 heavy (non-hydrogen) atoms. The van der Waals surface area contributed by atoms with E-state index in [4.69, 9.17) is 9.72 Å². The molecule has 0 fully saturated rings. The highest BCUT2D eigenvalue weighted by molar-refractivity contribution is 6.07. The molecule has 5 nitrogen and oxygen atoms in total. The van der Waals surface area contributed by atoms with Crippen LogP contribution >= 0.6 is 0 Å². The molecule has 0 spiro atoms. The van der Waals surface area contributed by atoms with Gasteiger partial charge in [0.1, 0.15) is 5.75 Å². The Balaban J connectivity index is 1.91. The normalized spacial score (nSPS) is 11.0. The maximum atomic E-state index is 12.8. The zero-order valence-electron chi connectivity index (χ0n) is 16.0. The Bertz CT molecular complexity index is 920. The first kappa shape index (κ1) is 18.9. The van der Waals surface area contributed by atoms with E-state index < -0.39 is 0 Å². The number of nitrogens with one attached hydrogen (secondary N) is 1. The van der Waals surface area contributed by atoms with Crippen molar-refractivity contribution in [1.29, 1.82) is 0 Å². The van der Waals surface area contributed by atoms with E-state index in [1.807, 2.05) is 68.7 Å². The van der Waals surface area contributed by atoms with Crippen molar-refractivity contribution in [1.82, 2.24) is 15.2 Å². The lowest BCUT2D eigenvalue weighted by Crippen LogP contribution is -2.27. The van der Waals surface area contributed by atoms with Crippen LogP contribution in [-0.2, 0) is 0 Å². The van der Waals surface area contributed by atoms with Crippen LogP contribution < -0.4 is 10.1 Å². The third-order valence-corrected chi connectivity index (χ3v) is 4.41. The van der Waals surface area contributed by atoms with Crippen LogP contribution in [0.5, 0.6) is 5.75 Å². The smallest absolute Gasteiger partial charge is 0.252 e. The molecule has 0 atom stereocenters. The van der Waals surface area contributed by atoms with Crippen molar-refractivity contribution in [2.75, 3.05) is 34.3 Å². The van der Waals surface area contributed by atoms with E-state index in [0.29, 0.717) is 12.1 Å². The van der Waals surface area contributed by atoms with Gasteiger partial charge >= 0.3 is 0 Å². The van der Waals surface area contributed by atoms with Crippen molar-refractivity contribution in [3.05, 3.63) is 60.2 Å². The fourth-order valence-electron chi connectivity index (χ4n) is 2.97. The molecule has 0 bridgehead atoms. The summed E-state index contributed by atoms with van der Waals surface area (Å²) >= 11 is 0. The molecule has 140 valence electrons. The Morgan fingerprint density at radius 1 is 1.11 bits per heavy atom. The number of hydrogen-bond donors (Lipinski definition) is 1. The number of carbonyl (C=O) groups is 1. The maximum Gasteiger partial charge on any atom is 0.252 e. The number of pyridine rings is 1. The van der Waals surface area contributed by atoms with Crippen molar-refractivity contribution in [2.24, 2.45) is 0 Å². The molecule has 0 saturated carbocycles. The van der Waals surface area contributed by atoms with E-state index >= 15 is 0 Å². The summed E-state index contributed by atoms with van der Waals surface area (Å²) in [5, 5.41) is 3.89. The minimum atomic E-state index is -0.0675. The molecule has 3 aromatic rings. The summed E-state index contributed by atoms with van der Waals surface area (Å²) in [6, 6.07) is 17.3. The minimum Gasteiger partial charge on any atom is -0.497 e. The van der Waals surface area contributed by atoms with Crippen molar-refractivity contribution >= 4 is 16.8 Å². The molecule has 1 heterocycles. The molecule has 1 amide bonds. The van der Waals surface area contributed by atoms with Gasteiger partial charge in [-0.05, 0) is 63.5 Å². The number of aromatic nitrogens is 1. The highest BCUT2D eigenvalue weighted by atomic mass is 16.5. The van der Waals surface area contributed by atoms with Crippen molar-refractivity contribution in [2.45, 2.75) is 6.42 Å². The highest BCUT2D eigenvalue weighted by Gasteiger charge is 2.13. The van der Waals surface area contributed by atoms with Crippen LogP contribution in [0.1, 0.15) is 16.8 Å². The maximum absolute atomic E-state index is 12.8. The van der Waals surface area contributed by atoms with Crippen molar-refractivity contribution in [3.63, 3.8) is 0 Å². The lowest BCUT2D eigenvalue weighted by molar-refractivity contribution is 0.0954. The standard InChI is InChI=1S/C22H25N3O2/c1-25(2)14-6-13-23-22(26)19-15-21(16-9-11-17(27-3)12-10-16)24-20-8-5-4-7-18(19)20/h4-5,7-12,15H,6,13-14H2,1-3H3,(H,23,26). The number of para-hydroxylation sites is 1. The van der Waals surface area contributed by atoms with Crippen LogP contribution in [0.4, 0.5) is 0 Å². The highest BCUT2D eigenvalue weighted by Crippen LogP contribution is 2.26. The van der Waals surface area contributed by atoms with E-state index in [9.17, 15) is 4.79 Å². The molecular weight excluding hydrogens is 338 g/mol. The zero-order chi connectivity index (χ0) is 19.2. The summed E-state index contributed by atoms with van der Waals surface area (Å²) in [6.45, 7) is 1.58. The molecular formula is C22H25N3O2. The predicted molar refractivity (Wildman–Crippen MR) is 109 cm³/mol. The molecule has 0 unspecified atom stereocenters. The average molecular weight is 363 g/mol. The number of rotatable bonds is 7. The number of amides is 1. The predicted octanol–water partition coefficient (Wildman–Crippen LogP) is 3.59. The minimum absolute atomic E-state index is 0.0675. The Morgan fingerprint density at radius 2 is 1.85 bits per heavy atom. The lowest BCUT2D eigenvalue weighted by Gasteiger charge is -2.12. The van der Waals surface area contributed by atoms with Crippen LogP contribution in [0.15, 0.2) is 54.6 Å². The Hall–Kier alpha value is -2.92. The molecule has 0 aliphatic heterocycles. The number of ether oxygens (including phenoxy) is 1. The molecule has 0 saturated heterocycles. The number of nitrogens with zero attached hydrogens (tertiary/aromatic N) is 2. The Kier molecular flexibility index (Phi) is 6.04. The van der Waals surface area contributed by atoms with Gasteiger partial charge in [-0.15, -0.1) is 0 Å². The summed E-state index contributed by atoms with van der Waals surface area (Å²) in [5.41, 5.74) is 3.18. The van der Waals surface area contributed by atoms with Gasteiger partial charge in [0.2, 0.25) is 0 Å². The van der Waals surface area contributed by atoms with Crippen LogP contribution in [0.25, 0.3) is 22.2 Å². The average Bonchev–Trinajstić information content (AvgIpc) is 2.70. The SMILES string of the molecule is COc1ccc(-c2cc(C(=O)NCCCN(C)C)c3ccccc3n2)cc1. The summed E-state index contributed by atoms with van der Waals surface area (Å²) in [4.78, 5) is 19.7. The Labute approximate surface area is 160 Å². The lowest BCUT2D eigenvalue weighted by atomic mass is 10.0. The molecule has 0 radical (unpaired) electrons. The second-order valence-corrected chi connectivity index (χ2v) is 6.71. The van der Waals surface area contributed by atoms with E-state index in [0.717, 1.165) is 40.9 Å². The van der Waals surface area contributed by atoms with Crippen LogP contribution in [0.3, 0.4) is 0 Å². The summed E-state index contributed by atoms with van der Waals surface area (Å²) in [5.74, 6) is 0.723.